The molecule has 0 aliphatic heterocycles. The molecule has 394 valence electrons. The molecule has 0 amide bonds. The van der Waals surface area contributed by atoms with Gasteiger partial charge in [-0.25, -0.2) is 9.13 Å². The highest BCUT2D eigenvalue weighted by Crippen LogP contribution is 2.49. The molecule has 1 rings (SSSR count). The summed E-state index contributed by atoms with van der Waals surface area (Å²) in [6.07, 6.45) is 26.3. The van der Waals surface area contributed by atoms with Crippen LogP contribution in [0.1, 0.15) is 187 Å². The van der Waals surface area contributed by atoms with E-state index in [9.17, 15) is 58.6 Å². The van der Waals surface area contributed by atoms with Gasteiger partial charge in [0.15, 0.2) is 11.9 Å². The van der Waals surface area contributed by atoms with Gasteiger partial charge in [0.1, 0.15) is 43.2 Å². The molecule has 0 heterocycles. The molecule has 1 fully saturated rings. The molecule has 0 spiro atoms. The van der Waals surface area contributed by atoms with E-state index in [0.29, 0.717) is 6.42 Å². The summed E-state index contributed by atoms with van der Waals surface area (Å²) < 4.78 is 49.2. The van der Waals surface area contributed by atoms with E-state index in [0.717, 1.165) is 44.9 Å². The van der Waals surface area contributed by atoms with E-state index in [4.69, 9.17) is 18.5 Å². The van der Waals surface area contributed by atoms with Gasteiger partial charge in [0.2, 0.25) is 0 Å². The fourth-order valence-corrected chi connectivity index (χ4v) is 8.99. The molecule has 0 radical (unpaired) electrons. The van der Waals surface area contributed by atoms with Crippen molar-refractivity contribution in [1.82, 2.24) is 0 Å². The maximum atomic E-state index is 13.0. The number of carbonyl (C=O) groups excluding carboxylic acids is 3. The van der Waals surface area contributed by atoms with Gasteiger partial charge in [-0.3, -0.25) is 28.0 Å². The van der Waals surface area contributed by atoms with Crippen molar-refractivity contribution < 1.29 is 81.7 Å². The number of phosphoric acid groups is 2. The average Bonchev–Trinajstić information content (AvgIpc) is 3.29. The first-order chi connectivity index (χ1) is 32.5. The third kappa shape index (κ3) is 33.3. The van der Waals surface area contributed by atoms with Crippen molar-refractivity contribution in [3.8, 4) is 0 Å². The average molecular weight is 1010 g/mol. The third-order valence-corrected chi connectivity index (χ3v) is 12.9. The van der Waals surface area contributed by atoms with E-state index < -0.39 is 83.5 Å². The van der Waals surface area contributed by atoms with Gasteiger partial charge in [-0.1, -0.05) is 172 Å². The van der Waals surface area contributed by atoms with Gasteiger partial charge in [-0.15, -0.1) is 0 Å². The van der Waals surface area contributed by atoms with Gasteiger partial charge in [0.25, 0.3) is 0 Å². The SMILES string of the molecule is CCCCC/C=C\C/C=C\C/C=C\C=C\C(=O)CCCC(=O)OC[C@H](COP(=O)(O)O[C@H]1C(O)C(O)C(O)[C@@H](OP(=O)(O)O)C1O)OC(=O)CCCCCCCCCCCCCCCCCCC. The zero-order chi connectivity index (χ0) is 50.5. The normalized spacial score (nSPS) is 21.5. The molecule has 8 atom stereocenters. The molecule has 5 unspecified atom stereocenters. The van der Waals surface area contributed by atoms with Crippen molar-refractivity contribution in [2.45, 2.75) is 230 Å². The van der Waals surface area contributed by atoms with E-state index in [1.165, 1.54) is 102 Å². The fourth-order valence-electron chi connectivity index (χ4n) is 7.45. The number of carbonyl (C=O) groups is 3. The monoisotopic (exact) mass is 1010 g/mol. The zero-order valence-electron chi connectivity index (χ0n) is 40.8. The second-order valence-electron chi connectivity index (χ2n) is 17.6. The molecule has 19 heteroatoms. The van der Waals surface area contributed by atoms with E-state index in [2.05, 4.69) is 36.6 Å². The Bertz CT molecular complexity index is 1560. The molecular weight excluding hydrogens is 922 g/mol. The predicted molar refractivity (Wildman–Crippen MR) is 260 cm³/mol. The minimum absolute atomic E-state index is 0.00363. The van der Waals surface area contributed by atoms with Crippen molar-refractivity contribution >= 4 is 33.4 Å². The van der Waals surface area contributed by atoms with Gasteiger partial charge < -0.3 is 44.6 Å². The molecule has 0 bridgehead atoms. The Kier molecular flexibility index (Phi) is 36.8. The summed E-state index contributed by atoms with van der Waals surface area (Å²) in [7, 11) is -10.8. The molecule has 1 saturated carbocycles. The van der Waals surface area contributed by atoms with Crippen molar-refractivity contribution in [3.63, 3.8) is 0 Å². The van der Waals surface area contributed by atoms with Crippen LogP contribution in [0.15, 0.2) is 48.6 Å². The zero-order valence-corrected chi connectivity index (χ0v) is 42.6. The lowest BCUT2D eigenvalue weighted by atomic mass is 9.85. The van der Waals surface area contributed by atoms with Gasteiger partial charge in [0, 0.05) is 19.3 Å². The summed E-state index contributed by atoms with van der Waals surface area (Å²) in [4.78, 5) is 66.6. The lowest BCUT2D eigenvalue weighted by Gasteiger charge is -2.43. The first-order valence-electron chi connectivity index (χ1n) is 25.1. The van der Waals surface area contributed by atoms with Gasteiger partial charge in [-0.2, -0.15) is 0 Å². The molecule has 1 aliphatic rings. The Labute approximate surface area is 405 Å². The number of unbranched alkanes of at least 4 members (excludes halogenated alkanes) is 19. The van der Waals surface area contributed by atoms with Gasteiger partial charge >= 0.3 is 27.6 Å². The second kappa shape index (κ2) is 39.3. The Morgan fingerprint density at radius 2 is 1.00 bits per heavy atom. The predicted octanol–water partition coefficient (Wildman–Crippen LogP) is 9.25. The summed E-state index contributed by atoms with van der Waals surface area (Å²) in [5.74, 6) is -1.66. The minimum Gasteiger partial charge on any atom is -0.462 e. The van der Waals surface area contributed by atoms with Crippen LogP contribution in [0.4, 0.5) is 0 Å². The fraction of sp³-hybridized carbons (Fsp3) is 0.776. The lowest BCUT2D eigenvalue weighted by molar-refractivity contribution is -0.216. The number of phosphoric ester groups is 2. The molecule has 0 aromatic carbocycles. The van der Waals surface area contributed by atoms with Crippen molar-refractivity contribution in [1.29, 1.82) is 0 Å². The maximum absolute atomic E-state index is 13.0. The van der Waals surface area contributed by atoms with Crippen molar-refractivity contribution in [2.24, 2.45) is 0 Å². The Morgan fingerprint density at radius 1 is 0.515 bits per heavy atom. The number of esters is 2. The van der Waals surface area contributed by atoms with E-state index in [1.807, 2.05) is 12.2 Å². The smallest absolute Gasteiger partial charge is 0.462 e. The van der Waals surface area contributed by atoms with Crippen molar-refractivity contribution in [2.75, 3.05) is 13.2 Å². The summed E-state index contributed by atoms with van der Waals surface area (Å²) in [5, 5.41) is 41.3. The van der Waals surface area contributed by atoms with Crippen molar-refractivity contribution in [3.05, 3.63) is 48.6 Å². The molecule has 17 nitrogen and oxygen atoms in total. The molecule has 0 saturated heterocycles. The molecule has 0 aromatic heterocycles. The van der Waals surface area contributed by atoms with Crippen LogP contribution in [-0.2, 0) is 46.6 Å². The largest absolute Gasteiger partial charge is 0.472 e. The van der Waals surface area contributed by atoms with Crippen LogP contribution in [0.5, 0.6) is 0 Å². The van der Waals surface area contributed by atoms with Crippen LogP contribution in [-0.4, -0.2) is 109 Å². The highest BCUT2D eigenvalue weighted by Gasteiger charge is 2.54. The summed E-state index contributed by atoms with van der Waals surface area (Å²) in [6, 6.07) is 0. The number of aliphatic hydroxyl groups is 4. The summed E-state index contributed by atoms with van der Waals surface area (Å²) >= 11 is 0. The van der Waals surface area contributed by atoms with E-state index in [1.54, 1.807) is 12.2 Å². The van der Waals surface area contributed by atoms with Crippen LogP contribution in [0.2, 0.25) is 0 Å². The van der Waals surface area contributed by atoms with Gasteiger partial charge in [0.05, 0.1) is 6.61 Å². The van der Waals surface area contributed by atoms with E-state index in [-0.39, 0.29) is 31.5 Å². The van der Waals surface area contributed by atoms with Crippen LogP contribution in [0.25, 0.3) is 0 Å². The molecule has 68 heavy (non-hydrogen) atoms. The Hall–Kier alpha value is -2.37. The first kappa shape index (κ1) is 63.6. The molecular formula is C49H86O17P2. The Balaban J connectivity index is 2.64. The highest BCUT2D eigenvalue weighted by atomic mass is 31.2. The number of allylic oxidation sites excluding steroid dienone is 8. The molecule has 1 aliphatic carbocycles. The number of rotatable bonds is 42. The number of hydrogen-bond donors (Lipinski definition) is 7. The van der Waals surface area contributed by atoms with Crippen LogP contribution in [0.3, 0.4) is 0 Å². The molecule has 7 N–H and O–H groups in total. The van der Waals surface area contributed by atoms with Gasteiger partial charge in [-0.05, 0) is 44.6 Å². The molecule has 0 aromatic rings. The highest BCUT2D eigenvalue weighted by molar-refractivity contribution is 7.47. The maximum Gasteiger partial charge on any atom is 0.472 e. The topological polar surface area (TPSA) is 273 Å². The number of ketones is 1. The number of aliphatic hydroxyl groups excluding tert-OH is 4. The third-order valence-electron chi connectivity index (χ3n) is 11.4. The Morgan fingerprint density at radius 3 is 1.56 bits per heavy atom. The van der Waals surface area contributed by atoms with Crippen LogP contribution >= 0.6 is 15.6 Å². The number of hydrogen-bond acceptors (Lipinski definition) is 14. The van der Waals surface area contributed by atoms with Crippen LogP contribution in [0, 0.1) is 0 Å². The van der Waals surface area contributed by atoms with Crippen LogP contribution < -0.4 is 0 Å². The lowest BCUT2D eigenvalue weighted by Crippen LogP contribution is -2.64. The van der Waals surface area contributed by atoms with E-state index >= 15 is 0 Å². The summed E-state index contributed by atoms with van der Waals surface area (Å²) in [6.45, 7) is 2.89. The summed E-state index contributed by atoms with van der Waals surface area (Å²) in [5.41, 5.74) is 0. The quantitative estimate of drug-likeness (QED) is 0.00749. The second-order valence-corrected chi connectivity index (χ2v) is 20.2. The standard InChI is InChI=1S/C49H86O17P2/c1-3-5-7-9-11-13-15-17-18-19-20-22-24-26-28-30-32-36-43(52)64-41(39-63-68(60,61)66-49-46(55)44(53)45(54)48(47(49)56)65-67(57,58)59)38-62-42(51)37-33-35-40(50)34-31-29-27-25-23-21-16-14-12-10-8-6-4-2/h12,14,21,23,27,29,31,34,41,44-49,53-56H,3-11,13,15-20,22,24-26,28,30,32-33,35-39H2,1-2H3,(H,60,61)(H2,57,58,59)/b14-12-,23-21-,29-27-,34-31+/t41-,44?,45?,46?,47?,48-,49+/m1/s1. The number of ether oxygens (including phenoxy) is 2. The minimum atomic E-state index is -5.39. The first-order valence-corrected chi connectivity index (χ1v) is 28.2.